The van der Waals surface area contributed by atoms with Crippen LogP contribution >= 0.6 is 11.3 Å². The number of piperidine rings is 1. The summed E-state index contributed by atoms with van der Waals surface area (Å²) in [7, 11) is 2.15. The average molecular weight is 350 g/mol. The molecule has 1 saturated heterocycles. The molecule has 1 unspecified atom stereocenters. The molecular weight excluding hydrogens is 322 g/mol. The SMILES string of the molecule is CC(O)CN1CCC(CN(C)Cc2coc(-c3cccs3)n2)CC1. The van der Waals surface area contributed by atoms with Gasteiger partial charge in [0.15, 0.2) is 0 Å². The summed E-state index contributed by atoms with van der Waals surface area (Å²) in [6.45, 7) is 6.76. The Hall–Kier alpha value is -1.21. The first-order valence-corrected chi connectivity index (χ1v) is 9.55. The highest BCUT2D eigenvalue weighted by Crippen LogP contribution is 2.24. The van der Waals surface area contributed by atoms with Crippen LogP contribution in [0.3, 0.4) is 0 Å². The lowest BCUT2D eigenvalue weighted by atomic mass is 9.96. The van der Waals surface area contributed by atoms with Crippen molar-refractivity contribution in [2.24, 2.45) is 5.92 Å². The van der Waals surface area contributed by atoms with Crippen LogP contribution in [0.2, 0.25) is 0 Å². The smallest absolute Gasteiger partial charge is 0.236 e. The summed E-state index contributed by atoms with van der Waals surface area (Å²) in [5.41, 5.74) is 0.993. The van der Waals surface area contributed by atoms with Gasteiger partial charge in [-0.15, -0.1) is 11.3 Å². The first kappa shape index (κ1) is 17.6. The van der Waals surface area contributed by atoms with Crippen LogP contribution in [0.15, 0.2) is 28.2 Å². The van der Waals surface area contributed by atoms with Gasteiger partial charge in [-0.25, -0.2) is 4.98 Å². The fraction of sp³-hybridized carbons (Fsp3) is 0.611. The van der Waals surface area contributed by atoms with E-state index in [1.165, 1.54) is 12.8 Å². The second-order valence-corrected chi connectivity index (χ2v) is 7.86. The van der Waals surface area contributed by atoms with Crippen LogP contribution in [0.4, 0.5) is 0 Å². The molecule has 0 spiro atoms. The van der Waals surface area contributed by atoms with Gasteiger partial charge >= 0.3 is 0 Å². The van der Waals surface area contributed by atoms with Gasteiger partial charge in [-0.3, -0.25) is 0 Å². The zero-order valence-corrected chi connectivity index (χ0v) is 15.3. The number of thiophene rings is 1. The summed E-state index contributed by atoms with van der Waals surface area (Å²) in [4.78, 5) is 10.4. The number of oxazole rings is 1. The second kappa shape index (κ2) is 8.25. The lowest BCUT2D eigenvalue weighted by molar-refractivity contribution is 0.0918. The first-order chi connectivity index (χ1) is 11.6. The van der Waals surface area contributed by atoms with Crippen LogP contribution in [-0.2, 0) is 6.54 Å². The zero-order chi connectivity index (χ0) is 16.9. The summed E-state index contributed by atoms with van der Waals surface area (Å²) in [5, 5.41) is 11.5. The number of hydrogen-bond acceptors (Lipinski definition) is 6. The Morgan fingerprint density at radius 3 is 2.92 bits per heavy atom. The molecule has 1 fully saturated rings. The largest absolute Gasteiger partial charge is 0.444 e. The predicted molar refractivity (Wildman–Crippen MR) is 97.0 cm³/mol. The highest BCUT2D eigenvalue weighted by Gasteiger charge is 2.21. The molecule has 0 bridgehead atoms. The van der Waals surface area contributed by atoms with Crippen LogP contribution in [-0.4, -0.2) is 59.2 Å². The molecule has 132 valence electrons. The molecule has 5 nitrogen and oxygen atoms in total. The Bertz CT molecular complexity index is 604. The minimum atomic E-state index is -0.228. The maximum atomic E-state index is 9.49. The second-order valence-electron chi connectivity index (χ2n) is 6.91. The monoisotopic (exact) mass is 349 g/mol. The van der Waals surface area contributed by atoms with E-state index in [1.54, 1.807) is 17.6 Å². The molecule has 0 saturated carbocycles. The molecule has 24 heavy (non-hydrogen) atoms. The minimum absolute atomic E-state index is 0.228. The van der Waals surface area contributed by atoms with E-state index in [1.807, 2.05) is 24.4 Å². The van der Waals surface area contributed by atoms with Crippen LogP contribution in [0.5, 0.6) is 0 Å². The first-order valence-electron chi connectivity index (χ1n) is 8.67. The third-order valence-corrected chi connectivity index (χ3v) is 5.37. The molecule has 1 aliphatic rings. The molecule has 0 amide bonds. The van der Waals surface area contributed by atoms with Crippen molar-refractivity contribution >= 4 is 11.3 Å². The predicted octanol–water partition coefficient (Wildman–Crippen LogP) is 2.93. The maximum absolute atomic E-state index is 9.49. The van der Waals surface area contributed by atoms with E-state index in [0.717, 1.165) is 55.1 Å². The van der Waals surface area contributed by atoms with Crippen molar-refractivity contribution in [1.29, 1.82) is 0 Å². The van der Waals surface area contributed by atoms with E-state index >= 15 is 0 Å². The van der Waals surface area contributed by atoms with Gasteiger partial charge in [-0.05, 0) is 57.3 Å². The van der Waals surface area contributed by atoms with Crippen LogP contribution in [0, 0.1) is 5.92 Å². The summed E-state index contributed by atoms with van der Waals surface area (Å²) in [6, 6.07) is 4.05. The molecule has 3 heterocycles. The number of rotatable bonds is 7. The number of aromatic nitrogens is 1. The number of aliphatic hydroxyl groups is 1. The fourth-order valence-corrected chi connectivity index (χ4v) is 4.06. The summed E-state index contributed by atoms with van der Waals surface area (Å²) in [6.07, 6.45) is 3.96. The van der Waals surface area contributed by atoms with Gasteiger partial charge in [-0.2, -0.15) is 0 Å². The molecule has 3 rings (SSSR count). The van der Waals surface area contributed by atoms with Crippen molar-refractivity contribution in [3.63, 3.8) is 0 Å². The van der Waals surface area contributed by atoms with Gasteiger partial charge < -0.3 is 19.3 Å². The minimum Gasteiger partial charge on any atom is -0.444 e. The topological polar surface area (TPSA) is 52.7 Å². The van der Waals surface area contributed by atoms with Gasteiger partial charge in [0.05, 0.1) is 16.7 Å². The van der Waals surface area contributed by atoms with E-state index in [0.29, 0.717) is 0 Å². The highest BCUT2D eigenvalue weighted by molar-refractivity contribution is 7.13. The quantitative estimate of drug-likeness (QED) is 0.833. The van der Waals surface area contributed by atoms with Crippen molar-refractivity contribution < 1.29 is 9.52 Å². The summed E-state index contributed by atoms with van der Waals surface area (Å²) >= 11 is 1.65. The third kappa shape index (κ3) is 4.89. The number of likely N-dealkylation sites (tertiary alicyclic amines) is 1. The number of nitrogens with zero attached hydrogens (tertiary/aromatic N) is 3. The van der Waals surface area contributed by atoms with Gasteiger partial charge in [0, 0.05) is 19.6 Å². The van der Waals surface area contributed by atoms with Gasteiger partial charge in [-0.1, -0.05) is 6.07 Å². The standard InChI is InChI=1S/C18H27N3O2S/c1-14(22)10-21-7-5-15(6-8-21)11-20(2)12-16-13-23-18(19-16)17-4-3-9-24-17/h3-4,9,13-15,22H,5-8,10-12H2,1-2H3. The Labute approximate surface area is 147 Å². The molecule has 0 aliphatic carbocycles. The maximum Gasteiger partial charge on any atom is 0.236 e. The highest BCUT2D eigenvalue weighted by atomic mass is 32.1. The Kier molecular flexibility index (Phi) is 6.05. The average Bonchev–Trinajstić information content (AvgIpc) is 3.19. The van der Waals surface area contributed by atoms with Gasteiger partial charge in [0.1, 0.15) is 6.26 Å². The molecule has 6 heteroatoms. The van der Waals surface area contributed by atoms with Crippen molar-refractivity contribution in [3.05, 3.63) is 29.5 Å². The Balaban J connectivity index is 1.44. The van der Waals surface area contributed by atoms with E-state index in [2.05, 4.69) is 21.8 Å². The van der Waals surface area contributed by atoms with Crippen molar-refractivity contribution in [2.75, 3.05) is 33.2 Å². The van der Waals surface area contributed by atoms with Crippen molar-refractivity contribution in [1.82, 2.24) is 14.8 Å². The molecule has 0 radical (unpaired) electrons. The number of hydrogen-bond donors (Lipinski definition) is 1. The Morgan fingerprint density at radius 2 is 2.25 bits per heavy atom. The van der Waals surface area contributed by atoms with Crippen LogP contribution in [0.1, 0.15) is 25.5 Å². The van der Waals surface area contributed by atoms with E-state index in [9.17, 15) is 5.11 Å². The molecule has 1 atom stereocenters. The van der Waals surface area contributed by atoms with Crippen molar-refractivity contribution in [3.8, 4) is 10.8 Å². The molecule has 1 N–H and O–H groups in total. The van der Waals surface area contributed by atoms with Crippen molar-refractivity contribution in [2.45, 2.75) is 32.4 Å². The number of β-amino-alcohol motifs (C(OH)–C–C–N with tert-alkyl or cyclic N) is 1. The Morgan fingerprint density at radius 1 is 1.46 bits per heavy atom. The van der Waals surface area contributed by atoms with Gasteiger partial charge in [0.2, 0.25) is 5.89 Å². The molecule has 2 aromatic rings. The van der Waals surface area contributed by atoms with E-state index in [-0.39, 0.29) is 6.10 Å². The lowest BCUT2D eigenvalue weighted by Crippen LogP contribution is -2.40. The van der Waals surface area contributed by atoms with Crippen LogP contribution in [0.25, 0.3) is 10.8 Å². The summed E-state index contributed by atoms with van der Waals surface area (Å²) in [5.74, 6) is 1.45. The lowest BCUT2D eigenvalue weighted by Gasteiger charge is -2.34. The molecule has 0 aromatic carbocycles. The third-order valence-electron chi connectivity index (χ3n) is 4.52. The molecule has 2 aromatic heterocycles. The normalized spacial score (nSPS) is 18.3. The van der Waals surface area contributed by atoms with E-state index < -0.39 is 0 Å². The zero-order valence-electron chi connectivity index (χ0n) is 14.5. The van der Waals surface area contributed by atoms with Crippen LogP contribution < -0.4 is 0 Å². The van der Waals surface area contributed by atoms with Gasteiger partial charge in [0.25, 0.3) is 0 Å². The van der Waals surface area contributed by atoms with E-state index in [4.69, 9.17) is 4.42 Å². The fourth-order valence-electron chi connectivity index (χ4n) is 3.40. The molecular formula is C18H27N3O2S. The summed E-state index contributed by atoms with van der Waals surface area (Å²) < 4.78 is 5.59. The number of aliphatic hydroxyl groups excluding tert-OH is 1. The molecule has 1 aliphatic heterocycles.